The van der Waals surface area contributed by atoms with Crippen molar-refractivity contribution < 1.29 is 26.7 Å². The Morgan fingerprint density at radius 2 is 1.67 bits per heavy atom. The van der Waals surface area contributed by atoms with E-state index in [9.17, 15) is 26.7 Å². The maximum Gasteiger partial charge on any atom is 0.433 e. The van der Waals surface area contributed by atoms with Gasteiger partial charge < -0.3 is 9.88 Å². The third-order valence-electron chi connectivity index (χ3n) is 8.44. The Bertz CT molecular complexity index is 1530. The van der Waals surface area contributed by atoms with Crippen molar-refractivity contribution in [2.24, 2.45) is 23.7 Å². The van der Waals surface area contributed by atoms with Crippen LogP contribution in [0.2, 0.25) is 0 Å². The molecule has 2 aromatic heterocycles. The van der Waals surface area contributed by atoms with Crippen molar-refractivity contribution in [1.29, 1.82) is 0 Å². The lowest BCUT2D eigenvalue weighted by molar-refractivity contribution is -0.141. The van der Waals surface area contributed by atoms with Crippen molar-refractivity contribution in [2.45, 2.75) is 38.4 Å². The number of amides is 1. The second kappa shape index (κ2) is 9.43. The number of pyridine rings is 1. The van der Waals surface area contributed by atoms with Crippen molar-refractivity contribution in [3.05, 3.63) is 78.4 Å². The first-order valence-electron chi connectivity index (χ1n) is 12.8. The minimum atomic E-state index is -4.49. The van der Waals surface area contributed by atoms with Crippen LogP contribution in [0.1, 0.15) is 37.9 Å². The number of fused-ring (bicyclic) bond motifs is 3. The minimum absolute atomic E-state index is 0.0846. The molecular weight excluding hydrogens is 515 g/mol. The summed E-state index contributed by atoms with van der Waals surface area (Å²) in [5.41, 5.74) is 1.92. The molecule has 1 N–H and O–H groups in total. The molecule has 39 heavy (non-hydrogen) atoms. The van der Waals surface area contributed by atoms with E-state index in [2.05, 4.69) is 15.3 Å². The summed E-state index contributed by atoms with van der Waals surface area (Å²) in [6.07, 6.45) is 1.05. The molecular formula is C29H25F5N4O. The highest BCUT2D eigenvalue weighted by molar-refractivity contribution is 5.92. The van der Waals surface area contributed by atoms with Gasteiger partial charge in [-0.1, -0.05) is 25.1 Å². The van der Waals surface area contributed by atoms with Crippen LogP contribution in [-0.2, 0) is 11.0 Å². The highest BCUT2D eigenvalue weighted by Gasteiger charge is 2.49. The van der Waals surface area contributed by atoms with Crippen LogP contribution in [0, 0.1) is 35.3 Å². The molecule has 1 unspecified atom stereocenters. The SMILES string of the molecule is C[C@H](C(=O)Nc1ccc(-c2ccc(C(F)(F)F)nc2)cc1)[C@@H]1CC2C[C@H]1C[C@H]2n1cnc2cc(F)c(F)cc21. The molecule has 0 saturated heterocycles. The highest BCUT2D eigenvalue weighted by atomic mass is 19.4. The predicted molar refractivity (Wildman–Crippen MR) is 135 cm³/mol. The number of carbonyl (C=O) groups excluding carboxylic acids is 1. The number of aromatic nitrogens is 3. The molecule has 0 radical (unpaired) electrons. The fraction of sp³-hybridized carbons (Fsp3) is 0.345. The zero-order valence-corrected chi connectivity index (χ0v) is 20.9. The van der Waals surface area contributed by atoms with E-state index in [1.54, 1.807) is 30.6 Å². The average Bonchev–Trinajstić information content (AvgIpc) is 3.63. The zero-order valence-electron chi connectivity index (χ0n) is 20.9. The number of hydrogen-bond acceptors (Lipinski definition) is 3. The van der Waals surface area contributed by atoms with Crippen molar-refractivity contribution in [1.82, 2.24) is 14.5 Å². The van der Waals surface area contributed by atoms with Gasteiger partial charge in [0.05, 0.1) is 17.4 Å². The standard InChI is InChI=1S/C29H25F5N4O/c1-15(28(39)37-20-5-2-16(3-6-20)17-4-7-27(35-13-17)29(32,33)34)21-9-19-8-18(21)10-25(19)38-14-36-24-11-22(30)23(31)12-26(24)38/h2-7,11-15,18-19,21,25H,8-10H2,1H3,(H,37,39)/t15-,18-,19?,21-,25+/m0/s1. The molecule has 2 heterocycles. The van der Waals surface area contributed by atoms with E-state index in [1.165, 1.54) is 18.3 Å². The summed E-state index contributed by atoms with van der Waals surface area (Å²) < 4.78 is 67.7. The molecule has 2 saturated carbocycles. The molecule has 0 aliphatic heterocycles. The smallest absolute Gasteiger partial charge is 0.327 e. The molecule has 5 nitrogen and oxygen atoms in total. The lowest BCUT2D eigenvalue weighted by atomic mass is 9.78. The van der Waals surface area contributed by atoms with Crippen LogP contribution in [0.25, 0.3) is 22.2 Å². The molecule has 2 aliphatic carbocycles. The van der Waals surface area contributed by atoms with Crippen LogP contribution in [0.4, 0.5) is 27.6 Å². The highest BCUT2D eigenvalue weighted by Crippen LogP contribution is 2.56. The summed E-state index contributed by atoms with van der Waals surface area (Å²) in [4.78, 5) is 20.9. The predicted octanol–water partition coefficient (Wildman–Crippen LogP) is 7.26. The molecule has 6 rings (SSSR count). The lowest BCUT2D eigenvalue weighted by Crippen LogP contribution is -2.32. The third-order valence-corrected chi connectivity index (χ3v) is 8.44. The van der Waals surface area contributed by atoms with Gasteiger partial charge in [0.25, 0.3) is 0 Å². The van der Waals surface area contributed by atoms with E-state index < -0.39 is 23.5 Å². The summed E-state index contributed by atoms with van der Waals surface area (Å²) in [6.45, 7) is 1.93. The number of halogens is 5. The van der Waals surface area contributed by atoms with E-state index in [1.807, 2.05) is 11.5 Å². The second-order valence-electron chi connectivity index (χ2n) is 10.7. The topological polar surface area (TPSA) is 59.8 Å². The first-order chi connectivity index (χ1) is 18.6. The number of rotatable bonds is 5. The minimum Gasteiger partial charge on any atom is -0.327 e. The van der Waals surface area contributed by atoms with Gasteiger partial charge in [-0.05, 0) is 60.8 Å². The van der Waals surface area contributed by atoms with E-state index in [4.69, 9.17) is 0 Å². The monoisotopic (exact) mass is 540 g/mol. The van der Waals surface area contributed by atoms with Gasteiger partial charge >= 0.3 is 6.18 Å². The fourth-order valence-corrected chi connectivity index (χ4v) is 6.46. The number of hydrogen-bond donors (Lipinski definition) is 1. The fourth-order valence-electron chi connectivity index (χ4n) is 6.46. The first kappa shape index (κ1) is 25.5. The second-order valence-corrected chi connectivity index (χ2v) is 10.7. The van der Waals surface area contributed by atoms with Crippen LogP contribution in [-0.4, -0.2) is 20.4 Å². The Balaban J connectivity index is 1.09. The maximum absolute atomic E-state index is 13.9. The summed E-state index contributed by atoms with van der Waals surface area (Å²) in [5.74, 6) is -1.21. The number of anilines is 1. The van der Waals surface area contributed by atoms with Gasteiger partial charge in [0.15, 0.2) is 11.6 Å². The summed E-state index contributed by atoms with van der Waals surface area (Å²) in [5, 5.41) is 2.96. The van der Waals surface area contributed by atoms with Crippen molar-refractivity contribution in [3.63, 3.8) is 0 Å². The maximum atomic E-state index is 13.9. The van der Waals surface area contributed by atoms with Gasteiger partial charge in [-0.15, -0.1) is 0 Å². The van der Waals surface area contributed by atoms with Crippen molar-refractivity contribution in [2.75, 3.05) is 5.32 Å². The van der Waals surface area contributed by atoms with E-state index in [0.717, 1.165) is 31.4 Å². The zero-order chi connectivity index (χ0) is 27.5. The number of carbonyl (C=O) groups is 1. The molecule has 10 heteroatoms. The van der Waals surface area contributed by atoms with Crippen molar-refractivity contribution >= 4 is 22.6 Å². The Hall–Kier alpha value is -3.82. The van der Waals surface area contributed by atoms with Crippen LogP contribution in [0.5, 0.6) is 0 Å². The van der Waals surface area contributed by atoms with Gasteiger partial charge in [-0.25, -0.2) is 13.8 Å². The number of alkyl halides is 3. The van der Waals surface area contributed by atoms with Gasteiger partial charge in [0.2, 0.25) is 5.91 Å². The largest absolute Gasteiger partial charge is 0.433 e. The average molecular weight is 541 g/mol. The summed E-state index contributed by atoms with van der Waals surface area (Å²) in [7, 11) is 0. The molecule has 2 fully saturated rings. The Morgan fingerprint density at radius 1 is 0.949 bits per heavy atom. The van der Waals surface area contributed by atoms with Gasteiger partial charge in [0, 0.05) is 41.5 Å². The van der Waals surface area contributed by atoms with Crippen LogP contribution >= 0.6 is 0 Å². The number of nitrogens with zero attached hydrogens (tertiary/aromatic N) is 3. The number of imidazole rings is 1. The van der Waals surface area contributed by atoms with E-state index in [-0.39, 0.29) is 23.8 Å². The molecule has 0 spiro atoms. The van der Waals surface area contributed by atoms with E-state index in [0.29, 0.717) is 39.7 Å². The van der Waals surface area contributed by atoms with Gasteiger partial charge in [-0.2, -0.15) is 13.2 Å². The first-order valence-corrected chi connectivity index (χ1v) is 12.8. The lowest BCUT2D eigenvalue weighted by Gasteiger charge is -2.32. The van der Waals surface area contributed by atoms with Crippen LogP contribution < -0.4 is 5.32 Å². The van der Waals surface area contributed by atoms with E-state index >= 15 is 0 Å². The van der Waals surface area contributed by atoms with Crippen LogP contribution in [0.3, 0.4) is 0 Å². The van der Waals surface area contributed by atoms with Crippen molar-refractivity contribution in [3.8, 4) is 11.1 Å². The molecule has 4 aromatic rings. The molecule has 202 valence electrons. The molecule has 2 aliphatic rings. The summed E-state index contributed by atoms with van der Waals surface area (Å²) >= 11 is 0. The molecule has 5 atom stereocenters. The molecule has 1 amide bonds. The number of nitrogens with one attached hydrogen (secondary N) is 1. The number of benzene rings is 2. The van der Waals surface area contributed by atoms with Gasteiger partial charge in [0.1, 0.15) is 5.69 Å². The Kier molecular flexibility index (Phi) is 6.15. The third kappa shape index (κ3) is 4.66. The Morgan fingerprint density at radius 3 is 2.31 bits per heavy atom. The normalized spacial score (nSPS) is 23.3. The summed E-state index contributed by atoms with van der Waals surface area (Å²) in [6, 6.07) is 11.7. The Labute approximate surface area is 221 Å². The van der Waals surface area contributed by atoms with Gasteiger partial charge in [-0.3, -0.25) is 9.78 Å². The van der Waals surface area contributed by atoms with Crippen LogP contribution in [0.15, 0.2) is 61.1 Å². The molecule has 2 bridgehead atoms. The molecule has 2 aromatic carbocycles. The quantitative estimate of drug-likeness (QED) is 0.271.